The van der Waals surface area contributed by atoms with E-state index in [1.807, 2.05) is 12.1 Å². The van der Waals surface area contributed by atoms with Crippen molar-refractivity contribution in [3.63, 3.8) is 0 Å². The molecule has 1 aliphatic heterocycles. The fraction of sp³-hybridized carbons (Fsp3) is 0.238. The average Bonchev–Trinajstić information content (AvgIpc) is 3.11. The molecular weight excluding hydrogens is 384 g/mol. The molecule has 4 N–H and O–H groups in total. The first-order valence-corrected chi connectivity index (χ1v) is 8.38. The minimum absolute atomic E-state index is 0. The van der Waals surface area contributed by atoms with Crippen LogP contribution < -0.4 is 18.9 Å². The minimum Gasteiger partial charge on any atom is -0.493 e. The summed E-state index contributed by atoms with van der Waals surface area (Å²) in [5.41, 5.74) is 5.17. The normalized spacial score (nSPS) is 12.6. The maximum atomic E-state index is 5.58. The summed E-state index contributed by atoms with van der Waals surface area (Å²) >= 11 is 0. The Morgan fingerprint density at radius 2 is 1.18 bits per heavy atom. The van der Waals surface area contributed by atoms with E-state index >= 15 is 0 Å². The zero-order chi connectivity index (χ0) is 17.0. The number of ether oxygens (including phenoxy) is 4. The molecule has 1 heterocycles. The molecule has 0 bridgehead atoms. The number of hydrogen-bond acceptors (Lipinski definition) is 4. The number of halogens is 1. The molecule has 150 valence electrons. The lowest BCUT2D eigenvalue weighted by Gasteiger charge is -2.21. The van der Waals surface area contributed by atoms with Crippen LogP contribution in [0.4, 0.5) is 0 Å². The maximum absolute atomic E-state index is 5.58. The third-order valence-corrected chi connectivity index (χ3v) is 5.12. The van der Waals surface area contributed by atoms with E-state index in [4.69, 9.17) is 18.9 Å². The summed E-state index contributed by atoms with van der Waals surface area (Å²) in [6, 6.07) is 12.8. The molecule has 0 fully saturated rings. The van der Waals surface area contributed by atoms with Gasteiger partial charge in [-0.1, -0.05) is 6.07 Å². The van der Waals surface area contributed by atoms with Crippen LogP contribution in [0.15, 0.2) is 36.4 Å². The summed E-state index contributed by atoms with van der Waals surface area (Å²) in [4.78, 5) is 0. The Bertz CT molecular complexity index is 1020. The Morgan fingerprint density at radius 1 is 0.679 bits per heavy atom. The van der Waals surface area contributed by atoms with E-state index in [9.17, 15) is 0 Å². The molecule has 0 radical (unpaired) electrons. The van der Waals surface area contributed by atoms with Gasteiger partial charge in [-0.05, 0) is 76.2 Å². The van der Waals surface area contributed by atoms with Crippen molar-refractivity contribution in [3.8, 4) is 34.1 Å². The van der Waals surface area contributed by atoms with Crippen LogP contribution in [0, 0.1) is 0 Å². The van der Waals surface area contributed by atoms with Gasteiger partial charge in [0.2, 0.25) is 6.79 Å². The van der Waals surface area contributed by atoms with Gasteiger partial charge < -0.3 is 29.9 Å². The molecule has 3 aromatic carbocycles. The van der Waals surface area contributed by atoms with E-state index in [2.05, 4.69) is 24.3 Å². The second kappa shape index (κ2) is 8.14. The molecular formula is C21H23ClO6. The van der Waals surface area contributed by atoms with Gasteiger partial charge in [0.1, 0.15) is 0 Å². The van der Waals surface area contributed by atoms with Gasteiger partial charge >= 0.3 is 0 Å². The van der Waals surface area contributed by atoms with Crippen LogP contribution in [-0.2, 0) is 12.8 Å². The van der Waals surface area contributed by atoms with E-state index in [1.54, 1.807) is 14.2 Å². The Hall–Kier alpha value is -2.67. The van der Waals surface area contributed by atoms with Gasteiger partial charge in [-0.2, -0.15) is 0 Å². The van der Waals surface area contributed by atoms with Crippen LogP contribution in [0.3, 0.4) is 0 Å². The van der Waals surface area contributed by atoms with Crippen molar-refractivity contribution in [3.05, 3.63) is 47.5 Å². The second-order valence-corrected chi connectivity index (χ2v) is 6.43. The van der Waals surface area contributed by atoms with Gasteiger partial charge in [0, 0.05) is 0 Å². The first-order valence-electron chi connectivity index (χ1n) is 8.38. The van der Waals surface area contributed by atoms with E-state index in [-0.39, 0.29) is 23.4 Å². The number of benzene rings is 3. The number of hydrogen-bond donors (Lipinski definition) is 0. The first kappa shape index (κ1) is 21.6. The molecule has 0 spiro atoms. The van der Waals surface area contributed by atoms with Gasteiger partial charge in [-0.15, -0.1) is 12.4 Å². The van der Waals surface area contributed by atoms with Crippen molar-refractivity contribution >= 4 is 23.2 Å². The monoisotopic (exact) mass is 406 g/mol. The van der Waals surface area contributed by atoms with Gasteiger partial charge in [0.05, 0.1) is 14.2 Å². The number of methoxy groups -OCH3 is 2. The summed E-state index contributed by atoms with van der Waals surface area (Å²) < 4.78 is 22.0. The molecule has 6 nitrogen and oxygen atoms in total. The second-order valence-electron chi connectivity index (χ2n) is 6.43. The van der Waals surface area contributed by atoms with Gasteiger partial charge in [0.15, 0.2) is 23.0 Å². The highest BCUT2D eigenvalue weighted by Gasteiger charge is 2.23. The number of rotatable bonds is 2. The summed E-state index contributed by atoms with van der Waals surface area (Å²) in [6.07, 6.45) is 2.03. The van der Waals surface area contributed by atoms with Crippen LogP contribution in [0.25, 0.3) is 21.9 Å². The topological polar surface area (TPSA) is 99.9 Å². The van der Waals surface area contributed by atoms with Crippen molar-refractivity contribution in [2.45, 2.75) is 12.8 Å². The largest absolute Gasteiger partial charge is 0.493 e. The summed E-state index contributed by atoms with van der Waals surface area (Å²) in [5.74, 6) is 3.19. The highest BCUT2D eigenvalue weighted by atomic mass is 35.5. The minimum atomic E-state index is 0. The summed E-state index contributed by atoms with van der Waals surface area (Å²) in [5, 5.41) is 2.31. The molecule has 2 aliphatic rings. The van der Waals surface area contributed by atoms with Crippen molar-refractivity contribution in [1.29, 1.82) is 0 Å². The molecule has 0 saturated carbocycles. The lowest BCUT2D eigenvalue weighted by molar-refractivity contribution is 0.174. The van der Waals surface area contributed by atoms with Crippen molar-refractivity contribution in [2.24, 2.45) is 0 Å². The molecule has 3 aromatic rings. The molecule has 28 heavy (non-hydrogen) atoms. The van der Waals surface area contributed by atoms with Crippen LogP contribution in [0.2, 0.25) is 0 Å². The van der Waals surface area contributed by atoms with Gasteiger partial charge in [-0.25, -0.2) is 0 Å². The summed E-state index contributed by atoms with van der Waals surface area (Å²) in [7, 11) is 3.33. The Morgan fingerprint density at radius 3 is 1.79 bits per heavy atom. The molecule has 0 atom stereocenters. The summed E-state index contributed by atoms with van der Waals surface area (Å²) in [6.45, 7) is 0.305. The third kappa shape index (κ3) is 3.20. The zero-order valence-corrected chi connectivity index (χ0v) is 16.4. The quantitative estimate of drug-likeness (QED) is 0.652. The Labute approximate surface area is 169 Å². The van der Waals surface area contributed by atoms with Crippen molar-refractivity contribution < 1.29 is 29.9 Å². The number of fused-ring (bicyclic) bond motifs is 5. The van der Waals surface area contributed by atoms with Crippen molar-refractivity contribution in [2.75, 3.05) is 21.0 Å². The lowest BCUT2D eigenvalue weighted by atomic mass is 9.84. The zero-order valence-electron chi connectivity index (χ0n) is 15.6. The standard InChI is InChI=1S/C21H18O4.ClH.2H2O/c1-22-18-8-14-5-12-3-4-13-7-20-21(25-11-24-20)10-17(13)16(12)6-15(14)9-19(18)23-2;;;/h5-10H,3-4,11H2,1-2H3;1H;2*1H2. The highest BCUT2D eigenvalue weighted by molar-refractivity contribution is 5.93. The molecule has 0 saturated heterocycles. The van der Waals surface area contributed by atoms with Crippen LogP contribution in [0.5, 0.6) is 23.0 Å². The van der Waals surface area contributed by atoms with Crippen LogP contribution in [0.1, 0.15) is 11.1 Å². The van der Waals surface area contributed by atoms with E-state index in [0.29, 0.717) is 6.79 Å². The third-order valence-electron chi connectivity index (χ3n) is 5.12. The van der Waals surface area contributed by atoms with Crippen LogP contribution in [-0.4, -0.2) is 32.0 Å². The average molecular weight is 407 g/mol. The first-order chi connectivity index (χ1) is 12.3. The van der Waals surface area contributed by atoms with E-state index in [0.717, 1.165) is 41.2 Å². The molecule has 0 aromatic heterocycles. The molecule has 0 unspecified atom stereocenters. The molecule has 0 amide bonds. The SMILES string of the molecule is COc1cc2cc3c(cc2cc1OC)-c1cc2c(cc1CC3)OCO2.Cl.O.O. The molecule has 1 aliphatic carbocycles. The molecule has 5 rings (SSSR count). The number of aryl methyl sites for hydroxylation is 2. The Kier molecular flexibility index (Phi) is 6.29. The molecule has 7 heteroatoms. The maximum Gasteiger partial charge on any atom is 0.231 e. The lowest BCUT2D eigenvalue weighted by Crippen LogP contribution is -2.04. The predicted octanol–water partition coefficient (Wildman–Crippen LogP) is 3.12. The fourth-order valence-corrected chi connectivity index (χ4v) is 3.84. The fourth-order valence-electron chi connectivity index (χ4n) is 3.84. The smallest absolute Gasteiger partial charge is 0.231 e. The van der Waals surface area contributed by atoms with Crippen molar-refractivity contribution in [1.82, 2.24) is 0 Å². The van der Waals surface area contributed by atoms with E-state index in [1.165, 1.54) is 27.6 Å². The Balaban J connectivity index is 0.000000934. The predicted molar refractivity (Wildman–Crippen MR) is 110 cm³/mol. The highest BCUT2D eigenvalue weighted by Crippen LogP contribution is 2.44. The van der Waals surface area contributed by atoms with Crippen LogP contribution >= 0.6 is 12.4 Å². The van der Waals surface area contributed by atoms with Gasteiger partial charge in [-0.3, -0.25) is 0 Å². The van der Waals surface area contributed by atoms with Gasteiger partial charge in [0.25, 0.3) is 0 Å². The van der Waals surface area contributed by atoms with E-state index < -0.39 is 0 Å².